The molecule has 0 spiro atoms. The topological polar surface area (TPSA) is 38.3 Å². The summed E-state index contributed by atoms with van der Waals surface area (Å²) in [4.78, 5) is 11.7. The monoisotopic (exact) mass is 221 g/mol. The highest BCUT2D eigenvalue weighted by molar-refractivity contribution is 5.97. The maximum absolute atomic E-state index is 11.7. The van der Waals surface area contributed by atoms with E-state index in [1.54, 1.807) is 12.1 Å². The predicted molar refractivity (Wildman–Crippen MR) is 65.1 cm³/mol. The highest BCUT2D eigenvalue weighted by Crippen LogP contribution is 2.12. The average molecular weight is 221 g/mol. The Morgan fingerprint density at radius 2 is 1.94 bits per heavy atom. The third kappa shape index (κ3) is 4.03. The van der Waals surface area contributed by atoms with E-state index in [9.17, 15) is 4.79 Å². The van der Waals surface area contributed by atoms with Gasteiger partial charge in [-0.05, 0) is 31.2 Å². The molecule has 0 fully saturated rings. The lowest BCUT2D eigenvalue weighted by Crippen LogP contribution is -2.29. The summed E-state index contributed by atoms with van der Waals surface area (Å²) in [6, 6.07) is 7.58. The van der Waals surface area contributed by atoms with E-state index in [2.05, 4.69) is 5.32 Å². The van der Waals surface area contributed by atoms with E-state index >= 15 is 0 Å². The van der Waals surface area contributed by atoms with Gasteiger partial charge in [-0.1, -0.05) is 13.8 Å². The summed E-state index contributed by atoms with van der Waals surface area (Å²) >= 11 is 0. The molecule has 0 saturated carbocycles. The number of rotatable bonds is 6. The van der Waals surface area contributed by atoms with Gasteiger partial charge in [-0.3, -0.25) is 4.79 Å². The number of benzene rings is 1. The van der Waals surface area contributed by atoms with Gasteiger partial charge in [-0.15, -0.1) is 0 Å². The van der Waals surface area contributed by atoms with E-state index < -0.39 is 0 Å². The molecule has 0 aromatic heterocycles. The molecule has 1 rings (SSSR count). The molecule has 3 nitrogen and oxygen atoms in total. The number of ketones is 1. The van der Waals surface area contributed by atoms with Gasteiger partial charge in [0.25, 0.3) is 0 Å². The molecule has 0 atom stereocenters. The first-order valence-corrected chi connectivity index (χ1v) is 5.63. The molecule has 3 heteroatoms. The zero-order valence-corrected chi connectivity index (χ0v) is 10.1. The number of hydrogen-bond donors (Lipinski definition) is 1. The van der Waals surface area contributed by atoms with Crippen molar-refractivity contribution in [2.75, 3.05) is 13.2 Å². The predicted octanol–water partition coefficient (Wildman–Crippen LogP) is 2.27. The molecule has 1 N–H and O–H groups in total. The van der Waals surface area contributed by atoms with Crippen LogP contribution in [0.4, 0.5) is 0 Å². The SMILES string of the molecule is CCOc1ccc(C(=O)CNC(C)C)cc1. The fourth-order valence-corrected chi connectivity index (χ4v) is 1.30. The van der Waals surface area contributed by atoms with Crippen LogP contribution in [-0.2, 0) is 0 Å². The highest BCUT2D eigenvalue weighted by Gasteiger charge is 2.06. The van der Waals surface area contributed by atoms with Crippen LogP contribution in [0, 0.1) is 0 Å². The van der Waals surface area contributed by atoms with E-state index in [1.165, 1.54) is 0 Å². The van der Waals surface area contributed by atoms with Crippen molar-refractivity contribution in [3.8, 4) is 5.75 Å². The second-order valence-electron chi connectivity index (χ2n) is 3.92. The van der Waals surface area contributed by atoms with Crippen molar-refractivity contribution in [1.29, 1.82) is 0 Å². The van der Waals surface area contributed by atoms with Crippen molar-refractivity contribution in [3.05, 3.63) is 29.8 Å². The minimum Gasteiger partial charge on any atom is -0.494 e. The standard InChI is InChI=1S/C13H19NO2/c1-4-16-12-7-5-11(6-8-12)13(15)9-14-10(2)3/h5-8,10,14H,4,9H2,1-3H3. The van der Waals surface area contributed by atoms with Crippen molar-refractivity contribution in [2.24, 2.45) is 0 Å². The summed E-state index contributed by atoms with van der Waals surface area (Å²) in [5, 5.41) is 3.10. The van der Waals surface area contributed by atoms with E-state index in [0.717, 1.165) is 11.3 Å². The van der Waals surface area contributed by atoms with Gasteiger partial charge >= 0.3 is 0 Å². The molecule has 16 heavy (non-hydrogen) atoms. The fraction of sp³-hybridized carbons (Fsp3) is 0.462. The maximum atomic E-state index is 11.7. The number of nitrogens with one attached hydrogen (secondary N) is 1. The van der Waals surface area contributed by atoms with Crippen LogP contribution >= 0.6 is 0 Å². The molecule has 0 aliphatic carbocycles. The van der Waals surface area contributed by atoms with E-state index in [0.29, 0.717) is 19.2 Å². The van der Waals surface area contributed by atoms with Crippen LogP contribution in [0.3, 0.4) is 0 Å². The number of Topliss-reactive ketones (excluding diaryl/α,β-unsaturated/α-hetero) is 1. The maximum Gasteiger partial charge on any atom is 0.176 e. The lowest BCUT2D eigenvalue weighted by molar-refractivity contribution is 0.0988. The van der Waals surface area contributed by atoms with Crippen molar-refractivity contribution in [1.82, 2.24) is 5.32 Å². The number of hydrogen-bond acceptors (Lipinski definition) is 3. The van der Waals surface area contributed by atoms with Crippen molar-refractivity contribution < 1.29 is 9.53 Å². The summed E-state index contributed by atoms with van der Waals surface area (Å²) in [6.45, 7) is 7.00. The Labute approximate surface area is 96.8 Å². The Balaban J connectivity index is 2.56. The van der Waals surface area contributed by atoms with E-state index in [4.69, 9.17) is 4.74 Å². The molecular weight excluding hydrogens is 202 g/mol. The molecule has 0 heterocycles. The first-order valence-electron chi connectivity index (χ1n) is 5.63. The Bertz CT molecular complexity index is 330. The van der Waals surface area contributed by atoms with Crippen LogP contribution < -0.4 is 10.1 Å². The third-order valence-electron chi connectivity index (χ3n) is 2.16. The van der Waals surface area contributed by atoms with Crippen molar-refractivity contribution in [2.45, 2.75) is 26.8 Å². The summed E-state index contributed by atoms with van der Waals surface area (Å²) in [5.41, 5.74) is 0.719. The van der Waals surface area contributed by atoms with Gasteiger partial charge in [0, 0.05) is 11.6 Å². The Morgan fingerprint density at radius 3 is 2.44 bits per heavy atom. The lowest BCUT2D eigenvalue weighted by Gasteiger charge is -2.07. The molecule has 0 aliphatic rings. The molecule has 88 valence electrons. The molecule has 0 aliphatic heterocycles. The van der Waals surface area contributed by atoms with Crippen LogP contribution in [0.1, 0.15) is 31.1 Å². The second-order valence-corrected chi connectivity index (χ2v) is 3.92. The normalized spacial score (nSPS) is 10.5. The van der Waals surface area contributed by atoms with Gasteiger partial charge < -0.3 is 10.1 Å². The molecule has 0 bridgehead atoms. The average Bonchev–Trinajstić information content (AvgIpc) is 2.27. The first kappa shape index (κ1) is 12.7. The van der Waals surface area contributed by atoms with Crippen LogP contribution in [0.2, 0.25) is 0 Å². The first-order chi connectivity index (χ1) is 7.63. The number of carbonyl (C=O) groups is 1. The lowest BCUT2D eigenvalue weighted by atomic mass is 10.1. The molecule has 1 aromatic carbocycles. The van der Waals surface area contributed by atoms with Gasteiger partial charge in [-0.2, -0.15) is 0 Å². The summed E-state index contributed by atoms with van der Waals surface area (Å²) in [5.74, 6) is 0.910. The third-order valence-corrected chi connectivity index (χ3v) is 2.16. The van der Waals surface area contributed by atoms with Gasteiger partial charge in [0.05, 0.1) is 13.2 Å². The number of ether oxygens (including phenoxy) is 1. The fourth-order valence-electron chi connectivity index (χ4n) is 1.30. The molecule has 0 amide bonds. The zero-order chi connectivity index (χ0) is 12.0. The number of carbonyl (C=O) groups excluding carboxylic acids is 1. The summed E-state index contributed by atoms with van der Waals surface area (Å²) in [6.07, 6.45) is 0. The van der Waals surface area contributed by atoms with Gasteiger partial charge in [0.15, 0.2) is 5.78 Å². The Hall–Kier alpha value is -1.35. The Kier molecular flexibility index (Phi) is 4.99. The van der Waals surface area contributed by atoms with Crippen LogP contribution in [0.25, 0.3) is 0 Å². The van der Waals surface area contributed by atoms with Gasteiger partial charge in [-0.25, -0.2) is 0 Å². The van der Waals surface area contributed by atoms with E-state index in [-0.39, 0.29) is 5.78 Å². The Morgan fingerprint density at radius 1 is 1.31 bits per heavy atom. The van der Waals surface area contributed by atoms with Gasteiger partial charge in [0.1, 0.15) is 5.75 Å². The molecule has 0 radical (unpaired) electrons. The van der Waals surface area contributed by atoms with Crippen LogP contribution in [0.5, 0.6) is 5.75 Å². The minimum absolute atomic E-state index is 0.108. The minimum atomic E-state index is 0.108. The molecule has 1 aromatic rings. The zero-order valence-electron chi connectivity index (χ0n) is 10.1. The second kappa shape index (κ2) is 6.28. The van der Waals surface area contributed by atoms with Crippen molar-refractivity contribution in [3.63, 3.8) is 0 Å². The summed E-state index contributed by atoms with van der Waals surface area (Å²) in [7, 11) is 0. The molecular formula is C13H19NO2. The molecule has 0 saturated heterocycles. The van der Waals surface area contributed by atoms with Crippen LogP contribution in [0.15, 0.2) is 24.3 Å². The van der Waals surface area contributed by atoms with Crippen LogP contribution in [-0.4, -0.2) is 25.0 Å². The van der Waals surface area contributed by atoms with Gasteiger partial charge in [0.2, 0.25) is 0 Å². The quantitative estimate of drug-likeness (QED) is 0.749. The summed E-state index contributed by atoms with van der Waals surface area (Å²) < 4.78 is 5.31. The molecule has 0 unspecified atom stereocenters. The smallest absolute Gasteiger partial charge is 0.176 e. The van der Waals surface area contributed by atoms with E-state index in [1.807, 2.05) is 32.9 Å². The van der Waals surface area contributed by atoms with Crippen molar-refractivity contribution >= 4 is 5.78 Å². The largest absolute Gasteiger partial charge is 0.494 e. The highest BCUT2D eigenvalue weighted by atomic mass is 16.5.